The first-order valence-corrected chi connectivity index (χ1v) is 6.73. The zero-order valence-corrected chi connectivity index (χ0v) is 12.2. The number of aryl methyl sites for hydroxylation is 1. The van der Waals surface area contributed by atoms with E-state index in [1.807, 2.05) is 13.1 Å². The Morgan fingerprint density at radius 3 is 2.61 bits per heavy atom. The van der Waals surface area contributed by atoms with Crippen LogP contribution in [0.2, 0.25) is 0 Å². The lowest BCUT2D eigenvalue weighted by molar-refractivity contribution is 0.0923. The Hall–Kier alpha value is -1.00. The summed E-state index contributed by atoms with van der Waals surface area (Å²) in [5, 5.41) is 3.45. The van der Waals surface area contributed by atoms with Crippen LogP contribution in [-0.4, -0.2) is 23.6 Å². The Labute approximate surface area is 110 Å². The minimum atomic E-state index is -0.00310. The number of aromatic nitrogens is 2. The Morgan fingerprint density at radius 1 is 1.39 bits per heavy atom. The second kappa shape index (κ2) is 7.44. The van der Waals surface area contributed by atoms with Gasteiger partial charge in [-0.1, -0.05) is 13.8 Å². The van der Waals surface area contributed by atoms with Crippen LogP contribution in [0.25, 0.3) is 0 Å². The summed E-state index contributed by atoms with van der Waals surface area (Å²) >= 11 is 0. The van der Waals surface area contributed by atoms with Gasteiger partial charge in [0.25, 0.3) is 0 Å². The molecule has 1 aromatic rings. The summed E-state index contributed by atoms with van der Waals surface area (Å²) in [6.45, 7) is 9.43. The van der Waals surface area contributed by atoms with E-state index in [9.17, 15) is 0 Å². The Morgan fingerprint density at radius 2 is 2.11 bits per heavy atom. The molecule has 18 heavy (non-hydrogen) atoms. The largest absolute Gasteiger partial charge is 0.373 e. The molecule has 0 fully saturated rings. The van der Waals surface area contributed by atoms with Gasteiger partial charge in [-0.3, -0.25) is 0 Å². The maximum absolute atomic E-state index is 5.37. The first-order valence-electron chi connectivity index (χ1n) is 6.73. The minimum absolute atomic E-state index is 0.00310. The first-order chi connectivity index (χ1) is 8.63. The summed E-state index contributed by atoms with van der Waals surface area (Å²) in [6, 6.07) is 0.293. The fourth-order valence-electron chi connectivity index (χ4n) is 2.00. The summed E-state index contributed by atoms with van der Waals surface area (Å²) in [4.78, 5) is 9.00. The number of nitrogens with zero attached hydrogens (tertiary/aromatic N) is 2. The van der Waals surface area contributed by atoms with Gasteiger partial charge in [-0.25, -0.2) is 9.97 Å². The molecule has 0 amide bonds. The molecule has 0 saturated carbocycles. The number of ether oxygens (including phenoxy) is 1. The van der Waals surface area contributed by atoms with Crippen LogP contribution < -0.4 is 5.32 Å². The van der Waals surface area contributed by atoms with Crippen molar-refractivity contribution in [3.05, 3.63) is 23.3 Å². The van der Waals surface area contributed by atoms with E-state index in [-0.39, 0.29) is 6.10 Å². The smallest absolute Gasteiger partial charge is 0.157 e. The Kier molecular flexibility index (Phi) is 6.22. The van der Waals surface area contributed by atoms with Gasteiger partial charge in [0, 0.05) is 30.6 Å². The Balaban J connectivity index is 2.85. The van der Waals surface area contributed by atoms with Crippen LogP contribution in [0.3, 0.4) is 0 Å². The van der Waals surface area contributed by atoms with Crippen molar-refractivity contribution in [2.24, 2.45) is 0 Å². The van der Waals surface area contributed by atoms with E-state index in [1.54, 1.807) is 7.11 Å². The van der Waals surface area contributed by atoms with Crippen molar-refractivity contribution in [2.75, 3.05) is 13.7 Å². The summed E-state index contributed by atoms with van der Waals surface area (Å²) < 4.78 is 5.37. The first kappa shape index (κ1) is 15.1. The fraction of sp³-hybridized carbons (Fsp3) is 0.714. The monoisotopic (exact) mass is 251 g/mol. The van der Waals surface area contributed by atoms with E-state index in [1.165, 1.54) is 0 Å². The zero-order valence-electron chi connectivity index (χ0n) is 12.2. The molecule has 4 nitrogen and oxygen atoms in total. The van der Waals surface area contributed by atoms with E-state index in [0.29, 0.717) is 6.04 Å². The quantitative estimate of drug-likeness (QED) is 0.809. The van der Waals surface area contributed by atoms with Crippen LogP contribution in [0, 0.1) is 6.92 Å². The highest BCUT2D eigenvalue weighted by molar-refractivity contribution is 5.20. The van der Waals surface area contributed by atoms with Crippen LogP contribution in [0.4, 0.5) is 0 Å². The van der Waals surface area contributed by atoms with Crippen LogP contribution in [0.15, 0.2) is 6.20 Å². The van der Waals surface area contributed by atoms with Crippen LogP contribution in [0.5, 0.6) is 0 Å². The average molecular weight is 251 g/mol. The van der Waals surface area contributed by atoms with Gasteiger partial charge in [0.2, 0.25) is 0 Å². The number of nitrogens with one attached hydrogen (secondary N) is 1. The highest BCUT2D eigenvalue weighted by atomic mass is 16.5. The number of rotatable bonds is 7. The predicted molar refractivity (Wildman–Crippen MR) is 73.5 cm³/mol. The zero-order chi connectivity index (χ0) is 13.5. The molecule has 1 rings (SSSR count). The topological polar surface area (TPSA) is 47.0 Å². The summed E-state index contributed by atoms with van der Waals surface area (Å²) in [5.41, 5.74) is 2.20. The van der Waals surface area contributed by atoms with Gasteiger partial charge in [-0.15, -0.1) is 0 Å². The SMILES string of the molecule is CCCNC(C)c1cnc(C(CC)OC)nc1C. The highest BCUT2D eigenvalue weighted by Gasteiger charge is 2.15. The molecule has 102 valence electrons. The average Bonchev–Trinajstić information content (AvgIpc) is 2.37. The van der Waals surface area contributed by atoms with Crippen molar-refractivity contribution in [1.29, 1.82) is 0 Å². The maximum Gasteiger partial charge on any atom is 0.157 e. The van der Waals surface area contributed by atoms with Crippen LogP contribution in [-0.2, 0) is 4.74 Å². The molecular weight excluding hydrogens is 226 g/mol. The lowest BCUT2D eigenvalue weighted by Crippen LogP contribution is -2.21. The molecule has 4 heteroatoms. The summed E-state index contributed by atoms with van der Waals surface area (Å²) in [7, 11) is 1.70. The molecule has 0 radical (unpaired) electrons. The molecule has 2 unspecified atom stereocenters. The van der Waals surface area contributed by atoms with Crippen LogP contribution >= 0.6 is 0 Å². The maximum atomic E-state index is 5.37. The van der Waals surface area contributed by atoms with Gasteiger partial charge < -0.3 is 10.1 Å². The molecule has 0 bridgehead atoms. The second-order valence-electron chi connectivity index (χ2n) is 4.58. The number of hydrogen-bond donors (Lipinski definition) is 1. The fourth-order valence-corrected chi connectivity index (χ4v) is 2.00. The van der Waals surface area contributed by atoms with Gasteiger partial charge in [0.1, 0.15) is 6.10 Å². The second-order valence-corrected chi connectivity index (χ2v) is 4.58. The Bertz CT molecular complexity index is 364. The van der Waals surface area contributed by atoms with Crippen molar-refractivity contribution < 1.29 is 4.74 Å². The molecule has 2 atom stereocenters. The standard InChI is InChI=1S/C14H25N3O/c1-6-8-15-10(3)12-9-16-14(17-11(12)4)13(7-2)18-5/h9-10,13,15H,6-8H2,1-5H3. The molecule has 0 aliphatic carbocycles. The van der Waals surface area contributed by atoms with Gasteiger partial charge in [-0.2, -0.15) is 0 Å². The third-order valence-electron chi connectivity index (χ3n) is 3.15. The lowest BCUT2D eigenvalue weighted by Gasteiger charge is -2.17. The van der Waals surface area contributed by atoms with Gasteiger partial charge in [0.05, 0.1) is 0 Å². The van der Waals surface area contributed by atoms with Gasteiger partial charge >= 0.3 is 0 Å². The van der Waals surface area contributed by atoms with Crippen molar-refractivity contribution in [2.45, 2.75) is 52.7 Å². The molecule has 1 aromatic heterocycles. The van der Waals surface area contributed by atoms with Crippen molar-refractivity contribution in [1.82, 2.24) is 15.3 Å². The molecule has 0 aromatic carbocycles. The molecule has 0 aliphatic rings. The molecule has 0 spiro atoms. The molecule has 0 saturated heterocycles. The van der Waals surface area contributed by atoms with E-state index >= 15 is 0 Å². The van der Waals surface area contributed by atoms with Crippen molar-refractivity contribution in [3.63, 3.8) is 0 Å². The van der Waals surface area contributed by atoms with Gasteiger partial charge in [-0.05, 0) is 33.2 Å². The van der Waals surface area contributed by atoms with Crippen molar-refractivity contribution >= 4 is 0 Å². The van der Waals surface area contributed by atoms with E-state index < -0.39 is 0 Å². The number of methoxy groups -OCH3 is 1. The van der Waals surface area contributed by atoms with E-state index in [2.05, 4.69) is 36.1 Å². The lowest BCUT2D eigenvalue weighted by atomic mass is 10.1. The third kappa shape index (κ3) is 3.75. The molecule has 1 heterocycles. The van der Waals surface area contributed by atoms with E-state index in [4.69, 9.17) is 4.74 Å². The molecule has 0 aliphatic heterocycles. The normalized spacial score (nSPS) is 14.5. The highest BCUT2D eigenvalue weighted by Crippen LogP contribution is 2.20. The van der Waals surface area contributed by atoms with Crippen LogP contribution in [0.1, 0.15) is 62.8 Å². The third-order valence-corrected chi connectivity index (χ3v) is 3.15. The van der Waals surface area contributed by atoms with Crippen molar-refractivity contribution in [3.8, 4) is 0 Å². The number of hydrogen-bond acceptors (Lipinski definition) is 4. The molecular formula is C14H25N3O. The molecule has 1 N–H and O–H groups in total. The van der Waals surface area contributed by atoms with Gasteiger partial charge in [0.15, 0.2) is 5.82 Å². The minimum Gasteiger partial charge on any atom is -0.373 e. The summed E-state index contributed by atoms with van der Waals surface area (Å²) in [6.07, 6.45) is 3.94. The van der Waals surface area contributed by atoms with E-state index in [0.717, 1.165) is 36.5 Å². The summed E-state index contributed by atoms with van der Waals surface area (Å²) in [5.74, 6) is 0.781. The predicted octanol–water partition coefficient (Wildman–Crippen LogP) is 2.94.